The molecule has 0 fully saturated rings. The Morgan fingerprint density at radius 1 is 0.962 bits per heavy atom. The molecule has 0 unspecified atom stereocenters. The van der Waals surface area contributed by atoms with Gasteiger partial charge in [-0.2, -0.15) is 0 Å². The fourth-order valence-electron chi connectivity index (χ4n) is 2.53. The van der Waals surface area contributed by atoms with Gasteiger partial charge in [0.2, 0.25) is 0 Å². The molecule has 130 valence electrons. The third kappa shape index (κ3) is 4.36. The fourth-order valence-corrected chi connectivity index (χ4v) is 2.53. The monoisotopic (exact) mass is 347 g/mol. The van der Waals surface area contributed by atoms with E-state index in [0.717, 1.165) is 16.9 Å². The number of carbonyl (C=O) groups excluding carboxylic acids is 1. The number of hydrogen-bond donors (Lipinski definition) is 1. The van der Waals surface area contributed by atoms with Crippen LogP contribution in [0.5, 0.6) is 5.75 Å². The largest absolute Gasteiger partial charge is 0.497 e. The Morgan fingerprint density at radius 3 is 2.35 bits per heavy atom. The lowest BCUT2D eigenvalue weighted by Gasteiger charge is -2.10. The predicted molar refractivity (Wildman–Crippen MR) is 102 cm³/mol. The van der Waals surface area contributed by atoms with Gasteiger partial charge in [-0.05, 0) is 47.5 Å². The number of benzene rings is 3. The molecule has 1 N–H and O–H groups in total. The van der Waals surface area contributed by atoms with E-state index in [4.69, 9.17) is 4.74 Å². The van der Waals surface area contributed by atoms with Crippen molar-refractivity contribution in [2.24, 2.45) is 0 Å². The molecule has 0 saturated carbocycles. The molecule has 0 aliphatic carbocycles. The van der Waals surface area contributed by atoms with Crippen molar-refractivity contribution in [3.8, 4) is 5.75 Å². The van der Waals surface area contributed by atoms with Crippen LogP contribution in [0.1, 0.15) is 11.1 Å². The Bertz CT molecular complexity index is 918. The molecule has 0 bridgehead atoms. The van der Waals surface area contributed by atoms with Gasteiger partial charge in [-0.1, -0.05) is 48.5 Å². The van der Waals surface area contributed by atoms with Crippen LogP contribution in [0, 0.1) is 5.82 Å². The van der Waals surface area contributed by atoms with Crippen molar-refractivity contribution in [1.82, 2.24) is 0 Å². The lowest BCUT2D eigenvalue weighted by Crippen LogP contribution is -2.13. The number of hydrogen-bond acceptors (Lipinski definition) is 2. The second-order valence-electron chi connectivity index (χ2n) is 5.66. The van der Waals surface area contributed by atoms with Crippen LogP contribution in [-0.4, -0.2) is 13.0 Å². The molecule has 0 atom stereocenters. The van der Waals surface area contributed by atoms with Gasteiger partial charge in [0, 0.05) is 11.3 Å². The molecule has 26 heavy (non-hydrogen) atoms. The summed E-state index contributed by atoms with van der Waals surface area (Å²) < 4.78 is 18.5. The summed E-state index contributed by atoms with van der Waals surface area (Å²) in [5, 5.41) is 2.75. The zero-order valence-corrected chi connectivity index (χ0v) is 14.3. The molecule has 0 spiro atoms. The molecule has 3 nitrogen and oxygen atoms in total. The first-order valence-electron chi connectivity index (χ1n) is 8.14. The van der Waals surface area contributed by atoms with Crippen molar-refractivity contribution in [3.05, 3.63) is 95.8 Å². The molecule has 4 heteroatoms. The molecule has 1 amide bonds. The number of amides is 1. The van der Waals surface area contributed by atoms with Crippen LogP contribution in [-0.2, 0) is 4.79 Å². The van der Waals surface area contributed by atoms with Crippen molar-refractivity contribution in [1.29, 1.82) is 0 Å². The average Bonchev–Trinajstić information content (AvgIpc) is 2.67. The second kappa shape index (κ2) is 8.12. The molecule has 0 aliphatic heterocycles. The van der Waals surface area contributed by atoms with Gasteiger partial charge in [0.25, 0.3) is 5.91 Å². The molecule has 0 aliphatic rings. The highest BCUT2D eigenvalue weighted by Gasteiger charge is 2.13. The highest BCUT2D eigenvalue weighted by Crippen LogP contribution is 2.22. The standard InChI is InChI=1S/C22H18FNO2/c1-26-20-12-10-16(11-13-20)14-21(17-6-3-2-4-7-17)22(25)24-19-9-5-8-18(23)15-19/h2-15H,1H3,(H,24,25). The summed E-state index contributed by atoms with van der Waals surface area (Å²) in [6.07, 6.45) is 1.80. The van der Waals surface area contributed by atoms with Crippen LogP contribution in [0.4, 0.5) is 10.1 Å². The van der Waals surface area contributed by atoms with Gasteiger partial charge in [0.1, 0.15) is 11.6 Å². The lowest BCUT2D eigenvalue weighted by atomic mass is 10.0. The summed E-state index contributed by atoms with van der Waals surface area (Å²) in [6, 6.07) is 22.6. The molecule has 0 aromatic heterocycles. The van der Waals surface area contributed by atoms with E-state index < -0.39 is 5.82 Å². The van der Waals surface area contributed by atoms with Gasteiger partial charge in [-0.3, -0.25) is 4.79 Å². The third-order valence-electron chi connectivity index (χ3n) is 3.84. The predicted octanol–water partition coefficient (Wildman–Crippen LogP) is 5.01. The van der Waals surface area contributed by atoms with Gasteiger partial charge < -0.3 is 10.1 Å². The number of carbonyl (C=O) groups is 1. The maximum atomic E-state index is 13.4. The number of nitrogens with one attached hydrogen (secondary N) is 1. The Labute approximate surface area is 151 Å². The van der Waals surface area contributed by atoms with Crippen molar-refractivity contribution < 1.29 is 13.9 Å². The van der Waals surface area contributed by atoms with E-state index in [1.807, 2.05) is 54.6 Å². The van der Waals surface area contributed by atoms with E-state index in [1.165, 1.54) is 12.1 Å². The fraction of sp³-hybridized carbons (Fsp3) is 0.0455. The smallest absolute Gasteiger partial charge is 0.256 e. The van der Waals surface area contributed by atoms with Crippen molar-refractivity contribution in [3.63, 3.8) is 0 Å². The first-order chi connectivity index (χ1) is 12.7. The summed E-state index contributed by atoms with van der Waals surface area (Å²) in [7, 11) is 1.60. The Hall–Kier alpha value is -3.40. The molecular weight excluding hydrogens is 329 g/mol. The summed E-state index contributed by atoms with van der Waals surface area (Å²) in [5.74, 6) is 0.0356. The zero-order valence-electron chi connectivity index (χ0n) is 14.3. The van der Waals surface area contributed by atoms with Gasteiger partial charge in [0.05, 0.1) is 7.11 Å². The van der Waals surface area contributed by atoms with Crippen LogP contribution in [0.2, 0.25) is 0 Å². The number of halogens is 1. The van der Waals surface area contributed by atoms with E-state index in [9.17, 15) is 9.18 Å². The number of rotatable bonds is 5. The average molecular weight is 347 g/mol. The van der Waals surface area contributed by atoms with E-state index in [-0.39, 0.29) is 5.91 Å². The molecule has 0 saturated heterocycles. The van der Waals surface area contributed by atoms with Gasteiger partial charge >= 0.3 is 0 Å². The normalized spacial score (nSPS) is 11.1. The summed E-state index contributed by atoms with van der Waals surface area (Å²) in [5.41, 5.74) is 2.53. The minimum absolute atomic E-state index is 0.308. The molecule has 3 aromatic carbocycles. The summed E-state index contributed by atoms with van der Waals surface area (Å²) >= 11 is 0. The van der Waals surface area contributed by atoms with Gasteiger partial charge in [-0.25, -0.2) is 4.39 Å². The molecular formula is C22H18FNO2. The quantitative estimate of drug-likeness (QED) is 0.520. The molecule has 0 radical (unpaired) electrons. The van der Waals surface area contributed by atoms with E-state index in [0.29, 0.717) is 11.3 Å². The van der Waals surface area contributed by atoms with Crippen LogP contribution in [0.25, 0.3) is 11.6 Å². The van der Waals surface area contributed by atoms with Crippen LogP contribution in [0.15, 0.2) is 78.9 Å². The highest BCUT2D eigenvalue weighted by molar-refractivity contribution is 6.29. The summed E-state index contributed by atoms with van der Waals surface area (Å²) in [6.45, 7) is 0. The minimum atomic E-state index is -0.400. The van der Waals surface area contributed by atoms with E-state index in [1.54, 1.807) is 25.3 Å². The van der Waals surface area contributed by atoms with Crippen molar-refractivity contribution in [2.45, 2.75) is 0 Å². The van der Waals surface area contributed by atoms with Crippen molar-refractivity contribution >= 4 is 23.2 Å². The van der Waals surface area contributed by atoms with Gasteiger partial charge in [-0.15, -0.1) is 0 Å². The third-order valence-corrected chi connectivity index (χ3v) is 3.84. The van der Waals surface area contributed by atoms with Crippen LogP contribution >= 0.6 is 0 Å². The SMILES string of the molecule is COc1ccc(C=C(C(=O)Nc2cccc(F)c2)c2ccccc2)cc1. The molecule has 0 heterocycles. The molecule has 3 rings (SSSR count). The number of anilines is 1. The molecule has 3 aromatic rings. The second-order valence-corrected chi connectivity index (χ2v) is 5.66. The Morgan fingerprint density at radius 2 is 1.69 bits per heavy atom. The van der Waals surface area contributed by atoms with Gasteiger partial charge in [0.15, 0.2) is 0 Å². The van der Waals surface area contributed by atoms with E-state index in [2.05, 4.69) is 5.32 Å². The maximum Gasteiger partial charge on any atom is 0.256 e. The highest BCUT2D eigenvalue weighted by atomic mass is 19.1. The number of ether oxygens (including phenoxy) is 1. The zero-order chi connectivity index (χ0) is 18.4. The van der Waals surface area contributed by atoms with Crippen molar-refractivity contribution in [2.75, 3.05) is 12.4 Å². The Balaban J connectivity index is 1.95. The first-order valence-corrected chi connectivity index (χ1v) is 8.14. The minimum Gasteiger partial charge on any atom is -0.497 e. The van der Waals surface area contributed by atoms with E-state index >= 15 is 0 Å². The Kier molecular flexibility index (Phi) is 5.44. The summed E-state index contributed by atoms with van der Waals surface area (Å²) in [4.78, 5) is 12.8. The van der Waals surface area contributed by atoms with Crippen LogP contribution in [0.3, 0.4) is 0 Å². The maximum absolute atomic E-state index is 13.4. The lowest BCUT2D eigenvalue weighted by molar-refractivity contribution is -0.111. The first kappa shape index (κ1) is 17.4. The topological polar surface area (TPSA) is 38.3 Å². The number of methoxy groups -OCH3 is 1. The van der Waals surface area contributed by atoms with Crippen LogP contribution < -0.4 is 10.1 Å².